The third-order valence-electron chi connectivity index (χ3n) is 5.38. The van der Waals surface area contributed by atoms with Crippen LogP contribution in [0.25, 0.3) is 0 Å². The lowest BCUT2D eigenvalue weighted by molar-refractivity contribution is 0.0514. The number of ether oxygens (including phenoxy) is 1. The fourth-order valence-corrected chi connectivity index (χ4v) is 5.13. The number of benzene rings is 1. The summed E-state index contributed by atoms with van der Waals surface area (Å²) in [5, 5.41) is 2.95. The Morgan fingerprint density at radius 1 is 1.03 bits per heavy atom. The molecule has 0 aromatic heterocycles. The summed E-state index contributed by atoms with van der Waals surface area (Å²) in [6.07, 6.45) is 1.56. The van der Waals surface area contributed by atoms with E-state index in [2.05, 4.69) is 39.2 Å². The first-order chi connectivity index (χ1) is 15.5. The number of nitrogens with one attached hydrogen (secondary N) is 1. The molecule has 7 nitrogen and oxygen atoms in total. The molecule has 34 heavy (non-hydrogen) atoms. The second-order valence-electron chi connectivity index (χ2n) is 10.7. The van der Waals surface area contributed by atoms with Crippen LogP contribution >= 0.6 is 7.60 Å². The van der Waals surface area contributed by atoms with Crippen LogP contribution in [0.4, 0.5) is 4.79 Å². The zero-order chi connectivity index (χ0) is 26.2. The first-order valence-electron chi connectivity index (χ1n) is 11.9. The van der Waals surface area contributed by atoms with Crippen molar-refractivity contribution in [3.8, 4) is 5.75 Å². The van der Waals surface area contributed by atoms with Gasteiger partial charge in [0.2, 0.25) is 8.32 Å². The number of rotatable bonds is 11. The van der Waals surface area contributed by atoms with E-state index in [9.17, 15) is 9.36 Å². The fourth-order valence-electron chi connectivity index (χ4n) is 2.71. The maximum absolute atomic E-state index is 12.9. The Morgan fingerprint density at radius 2 is 1.56 bits per heavy atom. The monoisotopic (exact) mass is 513 g/mol. The molecule has 194 valence electrons. The molecule has 0 aliphatic rings. The molecule has 0 heterocycles. The lowest BCUT2D eigenvalue weighted by atomic mass is 10.1. The van der Waals surface area contributed by atoms with Crippen LogP contribution in [-0.2, 0) is 24.8 Å². The van der Waals surface area contributed by atoms with Gasteiger partial charge in [-0.3, -0.25) is 4.57 Å². The van der Waals surface area contributed by atoms with E-state index in [1.165, 1.54) is 5.82 Å². The number of amides is 1. The highest BCUT2D eigenvalue weighted by molar-refractivity contribution is 7.57. The fraction of sp³-hybridized carbons (Fsp3) is 0.640. The van der Waals surface area contributed by atoms with Gasteiger partial charge in [-0.05, 0) is 76.9 Å². The standard InChI is InChI=1S/C25H44NO6PSi/c1-11-29-33(28,30-12-2)18-17-21(26-23(27)31-24(3,4)5)19-20-13-15-22(16-14-20)32-34(9,10)25(6,7)8/h13-18,21H,11-12,19H2,1-10H3,(H,26,27)/b18-17+. The molecule has 0 bridgehead atoms. The van der Waals surface area contributed by atoms with E-state index in [1.807, 2.05) is 24.3 Å². The summed E-state index contributed by atoms with van der Waals surface area (Å²) in [5.41, 5.74) is 0.350. The Kier molecular flexibility index (Phi) is 11.1. The Hall–Kier alpha value is -1.60. The molecule has 1 rings (SSSR count). The van der Waals surface area contributed by atoms with Crippen LogP contribution in [0.2, 0.25) is 18.1 Å². The van der Waals surface area contributed by atoms with E-state index in [1.54, 1.807) is 40.7 Å². The summed E-state index contributed by atoms with van der Waals surface area (Å²) in [7, 11) is -5.33. The Morgan fingerprint density at radius 3 is 2.00 bits per heavy atom. The lowest BCUT2D eigenvalue weighted by Gasteiger charge is -2.36. The van der Waals surface area contributed by atoms with Crippen molar-refractivity contribution in [3.63, 3.8) is 0 Å². The van der Waals surface area contributed by atoms with Gasteiger partial charge < -0.3 is 23.5 Å². The van der Waals surface area contributed by atoms with Crippen molar-refractivity contribution in [2.75, 3.05) is 13.2 Å². The van der Waals surface area contributed by atoms with Gasteiger partial charge in [-0.2, -0.15) is 0 Å². The molecule has 1 atom stereocenters. The third-order valence-corrected chi connectivity index (χ3v) is 11.5. The van der Waals surface area contributed by atoms with Gasteiger partial charge in [0.05, 0.1) is 19.3 Å². The van der Waals surface area contributed by atoms with E-state index in [0.717, 1.165) is 11.3 Å². The first kappa shape index (κ1) is 30.4. The predicted molar refractivity (Wildman–Crippen MR) is 141 cm³/mol. The van der Waals surface area contributed by atoms with Gasteiger partial charge in [0.1, 0.15) is 11.4 Å². The average Bonchev–Trinajstić information content (AvgIpc) is 2.65. The summed E-state index contributed by atoms with van der Waals surface area (Å²) < 4.78 is 35.3. The number of hydrogen-bond donors (Lipinski definition) is 1. The summed E-state index contributed by atoms with van der Waals surface area (Å²) in [6, 6.07) is 7.39. The molecule has 0 aliphatic carbocycles. The smallest absolute Gasteiger partial charge is 0.408 e. The van der Waals surface area contributed by atoms with Gasteiger partial charge in [-0.25, -0.2) is 4.79 Å². The SMILES string of the molecule is CCOP(=O)(/C=C/C(Cc1ccc(O[Si](C)(C)C(C)(C)C)cc1)NC(=O)OC(C)(C)C)OCC. The third kappa shape index (κ3) is 10.8. The van der Waals surface area contributed by atoms with E-state index >= 15 is 0 Å². The summed E-state index contributed by atoms with van der Waals surface area (Å²) >= 11 is 0. The quantitative estimate of drug-likeness (QED) is 0.247. The second kappa shape index (κ2) is 12.4. The van der Waals surface area contributed by atoms with Crippen molar-refractivity contribution in [2.24, 2.45) is 0 Å². The van der Waals surface area contributed by atoms with Gasteiger partial charge in [0.25, 0.3) is 0 Å². The first-order valence-corrected chi connectivity index (χ1v) is 16.4. The van der Waals surface area contributed by atoms with Crippen molar-refractivity contribution in [3.05, 3.63) is 41.7 Å². The van der Waals surface area contributed by atoms with Crippen LogP contribution in [0.15, 0.2) is 36.2 Å². The van der Waals surface area contributed by atoms with Gasteiger partial charge in [0, 0.05) is 5.82 Å². The molecule has 1 amide bonds. The Labute approximate surface area is 207 Å². The van der Waals surface area contributed by atoms with Crippen molar-refractivity contribution in [1.82, 2.24) is 5.32 Å². The average molecular weight is 514 g/mol. The number of alkyl carbamates (subject to hydrolysis) is 1. The minimum absolute atomic E-state index is 0.105. The summed E-state index contributed by atoms with van der Waals surface area (Å²) in [4.78, 5) is 12.4. The molecule has 0 spiro atoms. The maximum Gasteiger partial charge on any atom is 0.408 e. The number of hydrogen-bond acceptors (Lipinski definition) is 6. The minimum Gasteiger partial charge on any atom is -0.544 e. The van der Waals surface area contributed by atoms with Crippen LogP contribution < -0.4 is 9.74 Å². The van der Waals surface area contributed by atoms with Gasteiger partial charge in [0.15, 0.2) is 0 Å². The van der Waals surface area contributed by atoms with Crippen LogP contribution in [0.5, 0.6) is 5.75 Å². The van der Waals surface area contributed by atoms with E-state index < -0.39 is 33.6 Å². The van der Waals surface area contributed by atoms with Crippen LogP contribution in [0.1, 0.15) is 61.0 Å². The highest BCUT2D eigenvalue weighted by atomic mass is 31.2. The molecule has 0 radical (unpaired) electrons. The predicted octanol–water partition coefficient (Wildman–Crippen LogP) is 7.29. The highest BCUT2D eigenvalue weighted by Gasteiger charge is 2.38. The van der Waals surface area contributed by atoms with Crippen molar-refractivity contribution < 1.29 is 27.6 Å². The highest BCUT2D eigenvalue weighted by Crippen LogP contribution is 2.49. The zero-order valence-electron chi connectivity index (χ0n) is 22.6. The molecular formula is C25H44NO6PSi. The molecule has 0 aliphatic heterocycles. The molecule has 1 aromatic carbocycles. The molecule has 1 unspecified atom stereocenters. The van der Waals surface area contributed by atoms with Crippen LogP contribution in [0.3, 0.4) is 0 Å². The van der Waals surface area contributed by atoms with Gasteiger partial charge in [-0.1, -0.05) is 39.0 Å². The molecule has 0 saturated heterocycles. The molecule has 0 fully saturated rings. The van der Waals surface area contributed by atoms with Crippen molar-refractivity contribution in [2.45, 2.75) is 91.6 Å². The molecular weight excluding hydrogens is 469 g/mol. The van der Waals surface area contributed by atoms with Crippen LogP contribution in [0, 0.1) is 0 Å². The summed E-state index contributed by atoms with van der Waals surface area (Å²) in [5.74, 6) is 2.25. The summed E-state index contributed by atoms with van der Waals surface area (Å²) in [6.45, 7) is 20.5. The number of carbonyl (C=O) groups excluding carboxylic acids is 1. The second-order valence-corrected chi connectivity index (χ2v) is 17.3. The van der Waals surface area contributed by atoms with Crippen molar-refractivity contribution >= 4 is 22.0 Å². The molecule has 1 N–H and O–H groups in total. The maximum atomic E-state index is 12.9. The minimum atomic E-state index is -3.40. The zero-order valence-corrected chi connectivity index (χ0v) is 24.5. The Balaban J connectivity index is 3.07. The molecule has 0 saturated carbocycles. The number of carbonyl (C=O) groups is 1. The van der Waals surface area contributed by atoms with Gasteiger partial charge in [-0.15, -0.1) is 0 Å². The topological polar surface area (TPSA) is 83.1 Å². The van der Waals surface area contributed by atoms with E-state index in [4.69, 9.17) is 18.2 Å². The van der Waals surface area contributed by atoms with Gasteiger partial charge >= 0.3 is 13.7 Å². The van der Waals surface area contributed by atoms with E-state index in [0.29, 0.717) is 6.42 Å². The largest absolute Gasteiger partial charge is 0.544 e. The van der Waals surface area contributed by atoms with Crippen LogP contribution in [-0.4, -0.2) is 39.3 Å². The lowest BCUT2D eigenvalue weighted by Crippen LogP contribution is -2.43. The Bertz CT molecular complexity index is 846. The normalized spacial score (nSPS) is 14.2. The molecule has 1 aromatic rings. The van der Waals surface area contributed by atoms with Crippen molar-refractivity contribution in [1.29, 1.82) is 0 Å². The van der Waals surface area contributed by atoms with E-state index in [-0.39, 0.29) is 18.3 Å². The molecule has 9 heteroatoms.